The molecule has 11 nitrogen and oxygen atoms in total. The first-order valence-electron chi connectivity index (χ1n) is 16.2. The molecule has 0 spiro atoms. The van der Waals surface area contributed by atoms with Gasteiger partial charge in [0.25, 0.3) is 15.9 Å². The highest BCUT2D eigenvalue weighted by molar-refractivity contribution is 7.92. The first kappa shape index (κ1) is 37.5. The molecule has 0 fully saturated rings. The van der Waals surface area contributed by atoms with Crippen LogP contribution in [0.15, 0.2) is 71.6 Å². The third kappa shape index (κ3) is 10.4. The number of anilines is 2. The summed E-state index contributed by atoms with van der Waals surface area (Å²) < 4.78 is 67.9. The van der Waals surface area contributed by atoms with E-state index < -0.39 is 45.7 Å². The number of carbonyl (C=O) groups is 2. The van der Waals surface area contributed by atoms with E-state index in [-0.39, 0.29) is 53.6 Å². The second kappa shape index (κ2) is 16.9. The number of sulfonamides is 1. The molecule has 1 aliphatic heterocycles. The van der Waals surface area contributed by atoms with Gasteiger partial charge in [0, 0.05) is 44.0 Å². The second-order valence-corrected chi connectivity index (χ2v) is 14.1. The van der Waals surface area contributed by atoms with Crippen molar-refractivity contribution >= 4 is 33.3 Å². The molecule has 4 atom stereocenters. The number of aliphatic hydroxyl groups excluding tert-OH is 1. The quantitative estimate of drug-likeness (QED) is 0.273. The van der Waals surface area contributed by atoms with Gasteiger partial charge in [-0.1, -0.05) is 6.92 Å². The van der Waals surface area contributed by atoms with Crippen LogP contribution in [0.2, 0.25) is 0 Å². The van der Waals surface area contributed by atoms with Gasteiger partial charge >= 0.3 is 6.03 Å². The number of fused-ring (bicyclic) bond motifs is 1. The molecule has 266 valence electrons. The molecule has 3 aromatic carbocycles. The SMILES string of the molecule is C[C@@H]1CCCCO[C@H](CN(C)C(=O)Nc2ccc(F)cc2)[C@@H](C)CN([C@@H](C)CO)C(=O)c2cc(NS(=O)(=O)c3ccc(F)cc3)ccc2O1. The van der Waals surface area contributed by atoms with Crippen LogP contribution in [-0.2, 0) is 14.8 Å². The van der Waals surface area contributed by atoms with Crippen LogP contribution < -0.4 is 14.8 Å². The Labute approximate surface area is 286 Å². The van der Waals surface area contributed by atoms with Crippen molar-refractivity contribution in [3.05, 3.63) is 83.9 Å². The Morgan fingerprint density at radius 2 is 1.65 bits per heavy atom. The van der Waals surface area contributed by atoms with Gasteiger partial charge in [-0.25, -0.2) is 22.0 Å². The molecule has 0 saturated heterocycles. The van der Waals surface area contributed by atoms with E-state index in [4.69, 9.17) is 9.47 Å². The van der Waals surface area contributed by atoms with Crippen LogP contribution in [0.1, 0.15) is 50.4 Å². The van der Waals surface area contributed by atoms with Crippen molar-refractivity contribution in [2.75, 3.05) is 43.4 Å². The summed E-state index contributed by atoms with van der Waals surface area (Å²) in [4.78, 5) is 30.1. The van der Waals surface area contributed by atoms with Crippen molar-refractivity contribution in [1.29, 1.82) is 0 Å². The van der Waals surface area contributed by atoms with Gasteiger partial charge in [-0.15, -0.1) is 0 Å². The summed E-state index contributed by atoms with van der Waals surface area (Å²) in [5, 5.41) is 12.9. The summed E-state index contributed by atoms with van der Waals surface area (Å²) in [6.07, 6.45) is 1.32. The molecule has 4 rings (SSSR count). The average molecular weight is 703 g/mol. The van der Waals surface area contributed by atoms with Gasteiger partial charge < -0.3 is 29.7 Å². The van der Waals surface area contributed by atoms with Crippen LogP contribution in [0.3, 0.4) is 0 Å². The molecule has 0 radical (unpaired) electrons. The standard InChI is InChI=1S/C35H44F2N4O7S/c1-23-20-41(24(2)22-42)34(43)31-19-29(39-49(45,46)30-15-10-27(37)11-16-30)14-17-32(31)48-25(3)7-5-6-18-47-33(23)21-40(4)35(44)38-28-12-8-26(36)9-13-28/h8-17,19,23-25,33,39,42H,5-7,18,20-22H2,1-4H3,(H,38,44)/t23-,24-,25+,33+/m0/s1. The maximum Gasteiger partial charge on any atom is 0.321 e. The highest BCUT2D eigenvalue weighted by Gasteiger charge is 2.31. The molecule has 0 saturated carbocycles. The smallest absolute Gasteiger partial charge is 0.321 e. The minimum Gasteiger partial charge on any atom is -0.490 e. The third-order valence-corrected chi connectivity index (χ3v) is 9.72. The summed E-state index contributed by atoms with van der Waals surface area (Å²) >= 11 is 0. The van der Waals surface area contributed by atoms with Crippen LogP contribution in [0.4, 0.5) is 25.0 Å². The molecule has 49 heavy (non-hydrogen) atoms. The Balaban J connectivity index is 1.62. The van der Waals surface area contributed by atoms with Crippen LogP contribution in [-0.4, -0.2) is 86.9 Å². The number of hydrogen-bond acceptors (Lipinski definition) is 7. The molecular weight excluding hydrogens is 658 g/mol. The highest BCUT2D eigenvalue weighted by atomic mass is 32.2. The van der Waals surface area contributed by atoms with E-state index in [0.29, 0.717) is 18.7 Å². The number of nitrogens with zero attached hydrogens (tertiary/aromatic N) is 2. The lowest BCUT2D eigenvalue weighted by atomic mass is 10.0. The topological polar surface area (TPSA) is 138 Å². The molecule has 3 amide bonds. The highest BCUT2D eigenvalue weighted by Crippen LogP contribution is 2.29. The normalized spacial score (nSPS) is 19.9. The van der Waals surface area contributed by atoms with E-state index in [1.807, 2.05) is 13.8 Å². The van der Waals surface area contributed by atoms with Crippen molar-refractivity contribution in [1.82, 2.24) is 9.80 Å². The summed E-state index contributed by atoms with van der Waals surface area (Å²) in [5.41, 5.74) is 0.610. The minimum atomic E-state index is -4.12. The van der Waals surface area contributed by atoms with Gasteiger partial charge in [-0.2, -0.15) is 0 Å². The first-order valence-corrected chi connectivity index (χ1v) is 17.7. The fourth-order valence-corrected chi connectivity index (χ4v) is 6.43. The van der Waals surface area contributed by atoms with Crippen molar-refractivity contribution in [2.24, 2.45) is 5.92 Å². The number of ether oxygens (including phenoxy) is 2. The first-order chi connectivity index (χ1) is 23.3. The van der Waals surface area contributed by atoms with Crippen molar-refractivity contribution < 1.29 is 41.4 Å². The van der Waals surface area contributed by atoms with E-state index in [0.717, 1.165) is 37.1 Å². The van der Waals surface area contributed by atoms with Gasteiger partial charge in [-0.3, -0.25) is 9.52 Å². The molecule has 0 bridgehead atoms. The van der Waals surface area contributed by atoms with Crippen LogP contribution in [0.25, 0.3) is 0 Å². The van der Waals surface area contributed by atoms with E-state index in [9.17, 15) is 31.9 Å². The largest absolute Gasteiger partial charge is 0.490 e. The Morgan fingerprint density at radius 3 is 2.31 bits per heavy atom. The number of nitrogens with one attached hydrogen (secondary N) is 2. The Morgan fingerprint density at radius 1 is 1.02 bits per heavy atom. The Kier molecular flexibility index (Phi) is 13.0. The zero-order chi connectivity index (χ0) is 35.7. The van der Waals surface area contributed by atoms with Crippen molar-refractivity contribution in [2.45, 2.75) is 63.2 Å². The molecule has 1 aliphatic rings. The summed E-state index contributed by atoms with van der Waals surface area (Å²) in [6.45, 7) is 5.81. The number of amides is 3. The summed E-state index contributed by atoms with van der Waals surface area (Å²) in [6, 6.07) is 13.1. The van der Waals surface area contributed by atoms with E-state index in [1.54, 1.807) is 14.0 Å². The molecule has 1 heterocycles. The minimum absolute atomic E-state index is 0.0870. The van der Waals surface area contributed by atoms with Gasteiger partial charge in [0.2, 0.25) is 0 Å². The van der Waals surface area contributed by atoms with Gasteiger partial charge in [-0.05, 0) is 99.8 Å². The summed E-state index contributed by atoms with van der Waals surface area (Å²) in [7, 11) is -2.50. The van der Waals surface area contributed by atoms with Crippen molar-refractivity contribution in [3.8, 4) is 5.75 Å². The fourth-order valence-electron chi connectivity index (χ4n) is 5.38. The number of urea groups is 1. The number of benzene rings is 3. The lowest BCUT2D eigenvalue weighted by Gasteiger charge is -2.35. The number of carbonyl (C=O) groups excluding carboxylic acids is 2. The van der Waals surface area contributed by atoms with Gasteiger partial charge in [0.15, 0.2) is 0 Å². The molecule has 3 N–H and O–H groups in total. The molecular formula is C35H44F2N4O7S. The maximum absolute atomic E-state index is 14.3. The second-order valence-electron chi connectivity index (χ2n) is 12.4. The van der Waals surface area contributed by atoms with E-state index in [2.05, 4.69) is 10.0 Å². The summed E-state index contributed by atoms with van der Waals surface area (Å²) in [5.74, 6) is -1.58. The average Bonchev–Trinajstić information content (AvgIpc) is 3.07. The predicted octanol–water partition coefficient (Wildman–Crippen LogP) is 5.73. The number of rotatable bonds is 8. The van der Waals surface area contributed by atoms with Gasteiger partial charge in [0.1, 0.15) is 17.4 Å². The molecule has 14 heteroatoms. The Bertz CT molecular complexity index is 1680. The van der Waals surface area contributed by atoms with Crippen LogP contribution in [0.5, 0.6) is 5.75 Å². The van der Waals surface area contributed by atoms with E-state index >= 15 is 0 Å². The number of halogens is 2. The zero-order valence-corrected chi connectivity index (χ0v) is 28.9. The number of aliphatic hydroxyl groups is 1. The molecule has 0 unspecified atom stereocenters. The maximum atomic E-state index is 14.3. The van der Waals surface area contributed by atoms with Crippen LogP contribution in [0, 0.1) is 17.6 Å². The Hall–Kier alpha value is -4.27. The molecule has 3 aromatic rings. The third-order valence-electron chi connectivity index (χ3n) is 8.32. The fraction of sp³-hybridized carbons (Fsp3) is 0.429. The molecule has 0 aromatic heterocycles. The lowest BCUT2D eigenvalue weighted by molar-refractivity contribution is -0.0115. The van der Waals surface area contributed by atoms with Gasteiger partial charge in [0.05, 0.1) is 35.3 Å². The number of hydrogen-bond donors (Lipinski definition) is 3. The lowest BCUT2D eigenvalue weighted by Crippen LogP contribution is -2.48. The number of likely N-dealkylation sites (N-methyl/N-ethyl adjacent to an activating group) is 1. The van der Waals surface area contributed by atoms with E-state index in [1.165, 1.54) is 52.3 Å². The molecule has 0 aliphatic carbocycles. The predicted molar refractivity (Wildman–Crippen MR) is 182 cm³/mol. The van der Waals surface area contributed by atoms with Crippen molar-refractivity contribution in [3.63, 3.8) is 0 Å². The zero-order valence-electron chi connectivity index (χ0n) is 28.1. The monoisotopic (exact) mass is 702 g/mol. The van der Waals surface area contributed by atoms with Crippen LogP contribution >= 0.6 is 0 Å².